The molecule has 0 atom stereocenters. The van der Waals surface area contributed by atoms with E-state index in [1.54, 1.807) is 0 Å². The van der Waals surface area contributed by atoms with E-state index in [0.717, 1.165) is 24.5 Å². The summed E-state index contributed by atoms with van der Waals surface area (Å²) in [5.41, 5.74) is 10.2. The fourth-order valence-corrected chi connectivity index (χ4v) is 2.05. The van der Waals surface area contributed by atoms with Gasteiger partial charge in [0.2, 0.25) is 0 Å². The Morgan fingerprint density at radius 3 is 2.47 bits per heavy atom. The highest BCUT2D eigenvalue weighted by atomic mass is 15.0. The van der Waals surface area contributed by atoms with E-state index in [4.69, 9.17) is 5.73 Å². The first kappa shape index (κ1) is 13.4. The second-order valence-electron chi connectivity index (χ2n) is 5.04. The van der Waals surface area contributed by atoms with Crippen LogP contribution in [0, 0.1) is 0 Å². The Kier molecular flexibility index (Phi) is 4.42. The van der Waals surface area contributed by atoms with Crippen molar-refractivity contribution in [2.75, 3.05) is 25.1 Å². The van der Waals surface area contributed by atoms with Gasteiger partial charge in [-0.15, -0.1) is 0 Å². The minimum Gasteiger partial charge on any atom is -0.399 e. The number of nitrogen functional groups attached to an aromatic ring is 1. The number of benzene rings is 2. The van der Waals surface area contributed by atoms with Crippen LogP contribution in [-0.4, -0.2) is 19.0 Å². The molecule has 100 valence electrons. The van der Waals surface area contributed by atoms with Crippen LogP contribution in [0.1, 0.15) is 11.1 Å². The Labute approximate surface area is 115 Å². The van der Waals surface area contributed by atoms with Crippen LogP contribution in [0.3, 0.4) is 0 Å². The molecular weight excluding hydrogens is 234 g/mol. The number of hydrogen-bond donors (Lipinski definition) is 2. The molecule has 2 aromatic carbocycles. The van der Waals surface area contributed by atoms with Gasteiger partial charge >= 0.3 is 0 Å². The number of hydrogen-bond acceptors (Lipinski definition) is 3. The van der Waals surface area contributed by atoms with E-state index in [2.05, 4.69) is 54.6 Å². The van der Waals surface area contributed by atoms with Crippen LogP contribution >= 0.6 is 0 Å². The van der Waals surface area contributed by atoms with Gasteiger partial charge in [-0.3, -0.25) is 0 Å². The Bertz CT molecular complexity index is 535. The molecule has 3 N–H and O–H groups in total. The minimum atomic E-state index is 0.788. The third kappa shape index (κ3) is 4.30. The molecule has 0 unspecified atom stereocenters. The summed E-state index contributed by atoms with van der Waals surface area (Å²) in [5.74, 6) is 0. The van der Waals surface area contributed by atoms with Gasteiger partial charge in [0, 0.05) is 24.5 Å². The smallest absolute Gasteiger partial charge is 0.0401 e. The van der Waals surface area contributed by atoms with Gasteiger partial charge in [0.05, 0.1) is 0 Å². The summed E-state index contributed by atoms with van der Waals surface area (Å²) < 4.78 is 0. The van der Waals surface area contributed by atoms with Crippen molar-refractivity contribution in [3.8, 4) is 0 Å². The predicted octanol–water partition coefficient (Wildman–Crippen LogP) is 2.94. The van der Waals surface area contributed by atoms with E-state index >= 15 is 0 Å². The zero-order valence-corrected chi connectivity index (χ0v) is 11.6. The van der Waals surface area contributed by atoms with Gasteiger partial charge in [0.1, 0.15) is 0 Å². The molecule has 19 heavy (non-hydrogen) atoms. The van der Waals surface area contributed by atoms with Crippen molar-refractivity contribution in [1.29, 1.82) is 0 Å². The lowest BCUT2D eigenvalue weighted by atomic mass is 10.1. The topological polar surface area (TPSA) is 41.3 Å². The van der Waals surface area contributed by atoms with Crippen LogP contribution in [-0.2, 0) is 13.1 Å². The van der Waals surface area contributed by atoms with E-state index in [1.165, 1.54) is 11.1 Å². The molecule has 2 rings (SSSR count). The Balaban J connectivity index is 1.99. The van der Waals surface area contributed by atoms with Gasteiger partial charge < -0.3 is 16.0 Å². The molecular formula is C16H21N3. The summed E-state index contributed by atoms with van der Waals surface area (Å²) in [6, 6.07) is 16.5. The lowest BCUT2D eigenvalue weighted by Gasteiger charge is -2.12. The highest BCUT2D eigenvalue weighted by Crippen LogP contribution is 2.14. The van der Waals surface area contributed by atoms with E-state index < -0.39 is 0 Å². The van der Waals surface area contributed by atoms with E-state index in [-0.39, 0.29) is 0 Å². The summed E-state index contributed by atoms with van der Waals surface area (Å²) in [6.45, 7) is 1.74. The SMILES string of the molecule is CN(C)Cc1cccc(NCc2cccc(N)c2)c1. The van der Waals surface area contributed by atoms with Crippen LogP contribution in [0.5, 0.6) is 0 Å². The van der Waals surface area contributed by atoms with Crippen LogP contribution < -0.4 is 11.1 Å². The highest BCUT2D eigenvalue weighted by Gasteiger charge is 1.98. The van der Waals surface area contributed by atoms with Crippen LogP contribution in [0.4, 0.5) is 11.4 Å². The summed E-state index contributed by atoms with van der Waals surface area (Å²) in [7, 11) is 4.15. The lowest BCUT2D eigenvalue weighted by Crippen LogP contribution is -2.10. The summed E-state index contributed by atoms with van der Waals surface area (Å²) >= 11 is 0. The van der Waals surface area contributed by atoms with Crippen molar-refractivity contribution in [3.05, 3.63) is 59.7 Å². The molecule has 0 saturated carbocycles. The van der Waals surface area contributed by atoms with Crippen LogP contribution in [0.25, 0.3) is 0 Å². The Morgan fingerprint density at radius 1 is 1.00 bits per heavy atom. The van der Waals surface area contributed by atoms with Crippen molar-refractivity contribution < 1.29 is 0 Å². The molecule has 0 aliphatic heterocycles. The van der Waals surface area contributed by atoms with Crippen molar-refractivity contribution >= 4 is 11.4 Å². The molecule has 3 heteroatoms. The molecule has 0 aliphatic rings. The third-order valence-corrected chi connectivity index (χ3v) is 2.87. The number of nitrogens with zero attached hydrogens (tertiary/aromatic N) is 1. The molecule has 0 fully saturated rings. The highest BCUT2D eigenvalue weighted by molar-refractivity contribution is 5.47. The first-order valence-corrected chi connectivity index (χ1v) is 6.45. The van der Waals surface area contributed by atoms with Crippen molar-refractivity contribution in [3.63, 3.8) is 0 Å². The largest absolute Gasteiger partial charge is 0.399 e. The molecule has 0 heterocycles. The molecule has 3 nitrogen and oxygen atoms in total. The molecule has 0 radical (unpaired) electrons. The summed E-state index contributed by atoms with van der Waals surface area (Å²) in [5, 5.41) is 3.43. The number of nitrogens with one attached hydrogen (secondary N) is 1. The van der Waals surface area contributed by atoms with Crippen molar-refractivity contribution in [1.82, 2.24) is 4.90 Å². The molecule has 0 spiro atoms. The van der Waals surface area contributed by atoms with Gasteiger partial charge in [0.15, 0.2) is 0 Å². The molecule has 2 aromatic rings. The molecule has 0 saturated heterocycles. The summed E-state index contributed by atoms with van der Waals surface area (Å²) in [4.78, 5) is 2.16. The number of rotatable bonds is 5. The van der Waals surface area contributed by atoms with Gasteiger partial charge in [-0.2, -0.15) is 0 Å². The standard InChI is InChI=1S/C16H21N3/c1-19(2)12-14-6-4-8-16(10-14)18-11-13-5-3-7-15(17)9-13/h3-10,18H,11-12,17H2,1-2H3. The van der Waals surface area contributed by atoms with Gasteiger partial charge in [-0.1, -0.05) is 24.3 Å². The second-order valence-corrected chi connectivity index (χ2v) is 5.04. The Hall–Kier alpha value is -2.00. The predicted molar refractivity (Wildman–Crippen MR) is 82.0 cm³/mol. The van der Waals surface area contributed by atoms with Crippen molar-refractivity contribution in [2.45, 2.75) is 13.1 Å². The van der Waals surface area contributed by atoms with Crippen molar-refractivity contribution in [2.24, 2.45) is 0 Å². The first-order chi connectivity index (χ1) is 9.13. The second kappa shape index (κ2) is 6.25. The maximum Gasteiger partial charge on any atom is 0.0401 e. The third-order valence-electron chi connectivity index (χ3n) is 2.87. The van der Waals surface area contributed by atoms with E-state index in [0.29, 0.717) is 0 Å². The number of anilines is 2. The van der Waals surface area contributed by atoms with E-state index in [9.17, 15) is 0 Å². The molecule has 0 aromatic heterocycles. The van der Waals surface area contributed by atoms with Gasteiger partial charge in [0.25, 0.3) is 0 Å². The quantitative estimate of drug-likeness (QED) is 0.807. The normalized spacial score (nSPS) is 10.7. The monoisotopic (exact) mass is 255 g/mol. The fourth-order valence-electron chi connectivity index (χ4n) is 2.05. The Morgan fingerprint density at radius 2 is 1.74 bits per heavy atom. The minimum absolute atomic E-state index is 0.788. The zero-order valence-electron chi connectivity index (χ0n) is 11.6. The number of nitrogens with two attached hydrogens (primary N) is 1. The van der Waals surface area contributed by atoms with Gasteiger partial charge in [-0.25, -0.2) is 0 Å². The molecule has 0 bridgehead atoms. The van der Waals surface area contributed by atoms with Gasteiger partial charge in [-0.05, 0) is 49.5 Å². The molecule has 0 amide bonds. The lowest BCUT2D eigenvalue weighted by molar-refractivity contribution is 0.402. The first-order valence-electron chi connectivity index (χ1n) is 6.45. The zero-order chi connectivity index (χ0) is 13.7. The average molecular weight is 255 g/mol. The molecule has 0 aliphatic carbocycles. The maximum absolute atomic E-state index is 5.77. The van der Waals surface area contributed by atoms with Crippen LogP contribution in [0.2, 0.25) is 0 Å². The maximum atomic E-state index is 5.77. The summed E-state index contributed by atoms with van der Waals surface area (Å²) in [6.07, 6.45) is 0. The fraction of sp³-hybridized carbons (Fsp3) is 0.250. The average Bonchev–Trinajstić information content (AvgIpc) is 2.36. The van der Waals surface area contributed by atoms with E-state index in [1.807, 2.05) is 18.2 Å². The van der Waals surface area contributed by atoms with Crippen LogP contribution in [0.15, 0.2) is 48.5 Å².